The van der Waals surface area contributed by atoms with Gasteiger partial charge in [0, 0.05) is 27.9 Å². The molecule has 0 radical (unpaired) electrons. The van der Waals surface area contributed by atoms with E-state index in [0.29, 0.717) is 0 Å². The highest BCUT2D eigenvalue weighted by Crippen LogP contribution is 2.55. The average molecular weight is 742 g/mol. The summed E-state index contributed by atoms with van der Waals surface area (Å²) in [6.07, 6.45) is 39.6. The van der Waals surface area contributed by atoms with E-state index in [4.69, 9.17) is 0 Å². The van der Waals surface area contributed by atoms with Crippen molar-refractivity contribution in [3.05, 3.63) is 175 Å². The van der Waals surface area contributed by atoms with E-state index in [2.05, 4.69) is 147 Å². The van der Waals surface area contributed by atoms with E-state index in [-0.39, 0.29) is 5.41 Å². The standard InChI is InChI=1S/C54H49N.C2H6/c1-4-12-50-45(26-20-34-19-25-44-46-27-23-40-31-38-14-9-11-18-43(38)52(40)53(46)54(2,3)49(44)29-34)48-33-36(24-28-51(48)55(50)41-15-6-5-7-16-41)35-21-22-39-30-37-13-8-10-17-42(37)47(39)32-35;1-2/h4-6,10-12,15,17-23,25-27,29,32-33H,7-9,13-14,16,24,28,30-31H2,1-3H3;1-2H3/b12-4-,26-20+;. The summed E-state index contributed by atoms with van der Waals surface area (Å²) in [6, 6.07) is 19.4. The summed E-state index contributed by atoms with van der Waals surface area (Å²) in [5.74, 6) is 0. The van der Waals surface area contributed by atoms with Crippen molar-refractivity contribution >= 4 is 46.7 Å². The molecule has 0 amide bonds. The molecule has 1 aromatic heterocycles. The predicted molar refractivity (Wildman–Crippen MR) is 247 cm³/mol. The molecule has 0 saturated heterocycles. The third-order valence-corrected chi connectivity index (χ3v) is 13.7. The number of allylic oxidation sites excluding steroid dienone is 14. The molecule has 7 aliphatic rings. The average Bonchev–Trinajstić information content (AvgIpc) is 3.97. The summed E-state index contributed by atoms with van der Waals surface area (Å²) >= 11 is 0. The normalized spacial score (nSPS) is 19.2. The van der Waals surface area contributed by atoms with Crippen molar-refractivity contribution in [3.8, 4) is 11.1 Å². The van der Waals surface area contributed by atoms with Crippen LogP contribution >= 0.6 is 0 Å². The van der Waals surface area contributed by atoms with E-state index in [1.54, 1.807) is 11.1 Å². The van der Waals surface area contributed by atoms with Crippen molar-refractivity contribution in [2.24, 2.45) is 0 Å². The van der Waals surface area contributed by atoms with Gasteiger partial charge in [-0.05, 0) is 168 Å². The Morgan fingerprint density at radius 3 is 2.25 bits per heavy atom. The first-order valence-corrected chi connectivity index (χ1v) is 21.9. The summed E-state index contributed by atoms with van der Waals surface area (Å²) in [6.45, 7) is 11.1. The predicted octanol–water partition coefficient (Wildman–Crippen LogP) is 15.0. The smallest absolute Gasteiger partial charge is 0.0531 e. The molecule has 4 aromatic rings. The zero-order valence-electron chi connectivity index (χ0n) is 34.6. The molecule has 0 unspecified atom stereocenters. The highest BCUT2D eigenvalue weighted by molar-refractivity contribution is 5.96. The second-order valence-corrected chi connectivity index (χ2v) is 17.2. The molecule has 11 rings (SSSR count). The first kappa shape index (κ1) is 36.0. The number of nitrogens with zero attached hydrogens (tertiary/aromatic N) is 1. The Balaban J connectivity index is 0.00000195. The second kappa shape index (κ2) is 14.2. The SMILES string of the molecule is C/C=C\c1c(/C=C/c2ccc3c(c2)C(C)(C)c2c-3ccc3c2C2=C(CCC=C2)C3)c2c(n1C1=CC=CCC1)CCC(c1ccc3c(c1)C1=C(CCC=C1)C3)=C2.CC. The molecule has 3 aromatic carbocycles. The van der Waals surface area contributed by atoms with Gasteiger partial charge in [-0.2, -0.15) is 0 Å². The highest BCUT2D eigenvalue weighted by atomic mass is 15.0. The second-order valence-electron chi connectivity index (χ2n) is 17.2. The summed E-state index contributed by atoms with van der Waals surface area (Å²) in [4.78, 5) is 0. The fourth-order valence-corrected chi connectivity index (χ4v) is 11.1. The summed E-state index contributed by atoms with van der Waals surface area (Å²) in [5.41, 5.74) is 29.0. The third kappa shape index (κ3) is 5.72. The van der Waals surface area contributed by atoms with E-state index in [1.807, 2.05) is 13.8 Å². The first-order valence-electron chi connectivity index (χ1n) is 21.9. The molecule has 1 heterocycles. The minimum Gasteiger partial charge on any atom is -0.317 e. The lowest BCUT2D eigenvalue weighted by atomic mass is 9.78. The molecule has 0 N–H and O–H groups in total. The lowest BCUT2D eigenvalue weighted by Crippen LogP contribution is -2.17. The van der Waals surface area contributed by atoms with Crippen LogP contribution in [0.3, 0.4) is 0 Å². The Morgan fingerprint density at radius 2 is 1.44 bits per heavy atom. The molecule has 0 fully saturated rings. The molecule has 0 saturated carbocycles. The van der Waals surface area contributed by atoms with Crippen LogP contribution in [-0.2, 0) is 24.7 Å². The lowest BCUT2D eigenvalue weighted by Gasteiger charge is -2.25. The fraction of sp³-hybridized carbons (Fsp3) is 0.286. The van der Waals surface area contributed by atoms with Crippen LogP contribution in [-0.4, -0.2) is 4.57 Å². The fourth-order valence-electron chi connectivity index (χ4n) is 11.1. The summed E-state index contributed by atoms with van der Waals surface area (Å²) in [5, 5.41) is 0. The van der Waals surface area contributed by atoms with Gasteiger partial charge in [-0.25, -0.2) is 0 Å². The van der Waals surface area contributed by atoms with Crippen molar-refractivity contribution in [3.63, 3.8) is 0 Å². The van der Waals surface area contributed by atoms with Crippen LogP contribution in [0.25, 0.3) is 57.8 Å². The Kier molecular flexibility index (Phi) is 8.97. The van der Waals surface area contributed by atoms with E-state index >= 15 is 0 Å². The quantitative estimate of drug-likeness (QED) is 0.192. The van der Waals surface area contributed by atoms with Crippen LogP contribution < -0.4 is 0 Å². The largest absolute Gasteiger partial charge is 0.317 e. The first-order chi connectivity index (χ1) is 28.0. The topological polar surface area (TPSA) is 4.93 Å². The van der Waals surface area contributed by atoms with Crippen LogP contribution in [0, 0.1) is 0 Å². The van der Waals surface area contributed by atoms with Crippen molar-refractivity contribution in [2.75, 3.05) is 0 Å². The summed E-state index contributed by atoms with van der Waals surface area (Å²) in [7, 11) is 0. The molecule has 1 nitrogen and oxygen atoms in total. The number of rotatable bonds is 5. The molecule has 0 atom stereocenters. The van der Waals surface area contributed by atoms with Gasteiger partial charge < -0.3 is 4.57 Å². The third-order valence-electron chi connectivity index (χ3n) is 13.7. The minimum atomic E-state index is -0.0646. The molecular formula is C56H55N. The zero-order chi connectivity index (χ0) is 38.8. The number of hydrogen-bond donors (Lipinski definition) is 0. The maximum Gasteiger partial charge on any atom is 0.0531 e. The molecular weight excluding hydrogens is 687 g/mol. The van der Waals surface area contributed by atoms with E-state index in [0.717, 1.165) is 38.5 Å². The van der Waals surface area contributed by atoms with Gasteiger partial charge in [0.2, 0.25) is 0 Å². The van der Waals surface area contributed by atoms with Gasteiger partial charge in [-0.15, -0.1) is 0 Å². The van der Waals surface area contributed by atoms with Crippen molar-refractivity contribution in [1.82, 2.24) is 4.57 Å². The van der Waals surface area contributed by atoms with Gasteiger partial charge in [0.15, 0.2) is 0 Å². The monoisotopic (exact) mass is 741 g/mol. The number of hydrogen-bond acceptors (Lipinski definition) is 0. The molecule has 0 aliphatic heterocycles. The molecule has 57 heavy (non-hydrogen) atoms. The van der Waals surface area contributed by atoms with Gasteiger partial charge in [0.1, 0.15) is 0 Å². The van der Waals surface area contributed by atoms with Crippen molar-refractivity contribution in [2.45, 2.75) is 104 Å². The van der Waals surface area contributed by atoms with Crippen LogP contribution in [0.4, 0.5) is 0 Å². The van der Waals surface area contributed by atoms with Gasteiger partial charge in [-0.3, -0.25) is 0 Å². The Labute approximate surface area is 340 Å². The van der Waals surface area contributed by atoms with E-state index < -0.39 is 0 Å². The van der Waals surface area contributed by atoms with Gasteiger partial charge in [-0.1, -0.05) is 136 Å². The summed E-state index contributed by atoms with van der Waals surface area (Å²) < 4.78 is 2.60. The molecule has 284 valence electrons. The number of fused-ring (bicyclic) bond motifs is 9. The van der Waals surface area contributed by atoms with Crippen molar-refractivity contribution < 1.29 is 0 Å². The maximum absolute atomic E-state index is 2.60. The van der Waals surface area contributed by atoms with Crippen LogP contribution in [0.1, 0.15) is 147 Å². The molecule has 7 aliphatic carbocycles. The van der Waals surface area contributed by atoms with Crippen molar-refractivity contribution in [1.29, 1.82) is 0 Å². The van der Waals surface area contributed by atoms with Crippen LogP contribution in [0.15, 0.2) is 108 Å². The highest BCUT2D eigenvalue weighted by Gasteiger charge is 2.40. The Hall–Kier alpha value is -5.40. The van der Waals surface area contributed by atoms with E-state index in [1.165, 1.54) is 126 Å². The zero-order valence-corrected chi connectivity index (χ0v) is 34.6. The Morgan fingerprint density at radius 1 is 0.684 bits per heavy atom. The number of aromatic nitrogens is 1. The Bertz CT molecular complexity index is 2660. The van der Waals surface area contributed by atoms with Crippen LogP contribution in [0.2, 0.25) is 0 Å². The molecule has 1 heteroatoms. The minimum absolute atomic E-state index is 0.0646. The van der Waals surface area contributed by atoms with Crippen LogP contribution in [0.5, 0.6) is 0 Å². The molecule has 0 bridgehead atoms. The molecule has 0 spiro atoms. The number of benzene rings is 3. The van der Waals surface area contributed by atoms with Gasteiger partial charge in [0.25, 0.3) is 0 Å². The maximum atomic E-state index is 2.60. The van der Waals surface area contributed by atoms with Gasteiger partial charge >= 0.3 is 0 Å². The van der Waals surface area contributed by atoms with E-state index in [9.17, 15) is 0 Å². The van der Waals surface area contributed by atoms with Gasteiger partial charge in [0.05, 0.1) is 5.69 Å². The lowest BCUT2D eigenvalue weighted by molar-refractivity contribution is 0.658.